The third-order valence-corrected chi connectivity index (χ3v) is 4.17. The lowest BCUT2D eigenvalue weighted by atomic mass is 9.97. The Hall–Kier alpha value is -2.75. The van der Waals surface area contributed by atoms with Gasteiger partial charge in [-0.25, -0.2) is 4.79 Å². The maximum Gasteiger partial charge on any atom is 0.368 e. The first kappa shape index (κ1) is 15.8. The van der Waals surface area contributed by atoms with Crippen molar-refractivity contribution in [2.24, 2.45) is 9.98 Å². The van der Waals surface area contributed by atoms with Gasteiger partial charge in [0.15, 0.2) is 0 Å². The van der Waals surface area contributed by atoms with Crippen molar-refractivity contribution in [3.05, 3.63) is 65.6 Å². The SMILES string of the molecule is O=C1N=c2ccc3c(ccc4ccc5ccncc5c43)c2=N1.[SiH3]O[SiH3]. The molecule has 0 spiro atoms. The van der Waals surface area contributed by atoms with E-state index in [1.165, 1.54) is 0 Å². The summed E-state index contributed by atoms with van der Waals surface area (Å²) in [4.78, 5) is 23.7. The number of urea groups is 1. The van der Waals surface area contributed by atoms with Gasteiger partial charge >= 0.3 is 6.03 Å². The molecule has 0 saturated heterocycles. The molecule has 5 rings (SSSR count). The largest absolute Gasteiger partial charge is 0.471 e. The van der Waals surface area contributed by atoms with Gasteiger partial charge in [-0.3, -0.25) is 4.98 Å². The first-order chi connectivity index (χ1) is 12.2. The number of nitrogens with zero attached hydrogens (tertiary/aromatic N) is 3. The number of benzene rings is 3. The molecule has 0 fully saturated rings. The zero-order valence-electron chi connectivity index (χ0n) is 13.9. The van der Waals surface area contributed by atoms with E-state index in [0.717, 1.165) is 53.3 Å². The van der Waals surface area contributed by atoms with Crippen molar-refractivity contribution in [1.29, 1.82) is 0 Å². The first-order valence-corrected chi connectivity index (χ1v) is 9.46. The van der Waals surface area contributed by atoms with Crippen LogP contribution in [0.3, 0.4) is 0 Å². The lowest BCUT2D eigenvalue weighted by Gasteiger charge is -2.07. The van der Waals surface area contributed by atoms with Crippen LogP contribution >= 0.6 is 0 Å². The minimum atomic E-state index is -0.429. The Morgan fingerprint density at radius 3 is 2.36 bits per heavy atom. The number of amides is 2. The molecular weight excluding hydrogens is 346 g/mol. The summed E-state index contributed by atoms with van der Waals surface area (Å²) >= 11 is 0. The Kier molecular flexibility index (Phi) is 3.96. The molecule has 1 aliphatic heterocycles. The van der Waals surface area contributed by atoms with E-state index in [2.05, 4.69) is 37.3 Å². The predicted molar refractivity (Wildman–Crippen MR) is 105 cm³/mol. The fourth-order valence-corrected chi connectivity index (χ4v) is 3.21. The van der Waals surface area contributed by atoms with Crippen LogP contribution in [0.15, 0.2) is 64.8 Å². The third kappa shape index (κ3) is 2.58. The van der Waals surface area contributed by atoms with Gasteiger partial charge in [-0.15, -0.1) is 0 Å². The summed E-state index contributed by atoms with van der Waals surface area (Å²) in [5, 5.41) is 7.88. The molecule has 2 amide bonds. The highest BCUT2D eigenvalue weighted by Crippen LogP contribution is 2.30. The molecule has 4 aromatic rings. The van der Waals surface area contributed by atoms with Gasteiger partial charge in [0.2, 0.25) is 0 Å². The standard InChI is InChI=1S/C18H9N3O.H6OSi2/c22-18-20-15-6-5-12-13(17(15)21-18)4-3-11-2-1-10-7-8-19-9-14(10)16(11)12;2-1-3/h1-9H;2-3H3. The quantitative estimate of drug-likeness (QED) is 0.338. The summed E-state index contributed by atoms with van der Waals surface area (Å²) in [6, 6.07) is 13.7. The zero-order chi connectivity index (χ0) is 17.4. The van der Waals surface area contributed by atoms with Gasteiger partial charge in [-0.1, -0.05) is 30.3 Å². The summed E-state index contributed by atoms with van der Waals surface area (Å²) in [6.07, 6.45) is 3.68. The molecular formula is C18H15N3O2Si2. The average Bonchev–Trinajstić information content (AvgIpc) is 3.02. The van der Waals surface area contributed by atoms with Gasteiger partial charge in [-0.2, -0.15) is 9.98 Å². The minimum absolute atomic E-state index is 0.429. The molecule has 0 atom stereocenters. The van der Waals surface area contributed by atoms with Crippen molar-refractivity contribution in [3.63, 3.8) is 0 Å². The number of aromatic nitrogens is 1. The molecule has 1 aliphatic rings. The Morgan fingerprint density at radius 2 is 1.52 bits per heavy atom. The summed E-state index contributed by atoms with van der Waals surface area (Å²) in [5.74, 6) is 0. The summed E-state index contributed by atoms with van der Waals surface area (Å²) in [7, 11) is 1.86. The number of pyridine rings is 1. The van der Waals surface area contributed by atoms with Gasteiger partial charge in [0.25, 0.3) is 0 Å². The lowest BCUT2D eigenvalue weighted by Crippen LogP contribution is -2.21. The fraction of sp³-hybridized carbons (Fsp3) is 0. The highest BCUT2D eigenvalue weighted by Gasteiger charge is 2.11. The summed E-state index contributed by atoms with van der Waals surface area (Å²) in [5.41, 5.74) is 0. The Balaban J connectivity index is 0.000000490. The Bertz CT molecular complexity index is 1270. The second-order valence-corrected chi connectivity index (χ2v) is 9.03. The van der Waals surface area contributed by atoms with E-state index in [0.29, 0.717) is 10.7 Å². The second-order valence-electron chi connectivity index (χ2n) is 5.77. The number of rotatable bonds is 0. The molecule has 2 heterocycles. The van der Waals surface area contributed by atoms with E-state index in [-0.39, 0.29) is 0 Å². The van der Waals surface area contributed by atoms with Gasteiger partial charge in [0.05, 0.1) is 5.36 Å². The molecule has 0 N–H and O–H groups in total. The fourth-order valence-electron chi connectivity index (χ4n) is 3.21. The van der Waals surface area contributed by atoms with Crippen LogP contribution in [-0.4, -0.2) is 32.0 Å². The van der Waals surface area contributed by atoms with Crippen molar-refractivity contribution in [3.8, 4) is 0 Å². The highest BCUT2D eigenvalue weighted by molar-refractivity contribution is 6.19. The molecule has 0 unspecified atom stereocenters. The average molecular weight is 362 g/mol. The second kappa shape index (κ2) is 6.28. The van der Waals surface area contributed by atoms with Crippen molar-refractivity contribution in [2.75, 3.05) is 0 Å². The summed E-state index contributed by atoms with van der Waals surface area (Å²) in [6.45, 7) is 0. The normalized spacial score (nSPS) is 12.7. The Morgan fingerprint density at radius 1 is 0.800 bits per heavy atom. The van der Waals surface area contributed by atoms with Gasteiger partial charge in [-0.05, 0) is 33.7 Å². The molecule has 7 heteroatoms. The van der Waals surface area contributed by atoms with Crippen LogP contribution in [0, 0.1) is 0 Å². The van der Waals surface area contributed by atoms with Crippen LogP contribution in [0.1, 0.15) is 0 Å². The third-order valence-electron chi connectivity index (χ3n) is 4.17. The van der Waals surface area contributed by atoms with Gasteiger partial charge in [0, 0.05) is 23.2 Å². The monoisotopic (exact) mass is 361 g/mol. The van der Waals surface area contributed by atoms with Gasteiger partial charge in [0.1, 0.15) is 26.3 Å². The van der Waals surface area contributed by atoms with Crippen molar-refractivity contribution in [2.45, 2.75) is 0 Å². The van der Waals surface area contributed by atoms with E-state index in [1.54, 1.807) is 6.20 Å². The van der Waals surface area contributed by atoms with E-state index < -0.39 is 6.03 Å². The number of carbonyl (C=O) groups is 1. The minimum Gasteiger partial charge on any atom is -0.471 e. The van der Waals surface area contributed by atoms with E-state index >= 15 is 0 Å². The molecule has 122 valence electrons. The topological polar surface area (TPSA) is 63.9 Å². The number of fused-ring (bicyclic) bond motifs is 7. The smallest absolute Gasteiger partial charge is 0.368 e. The zero-order valence-corrected chi connectivity index (χ0v) is 17.9. The molecule has 0 bridgehead atoms. The van der Waals surface area contributed by atoms with Gasteiger partial charge < -0.3 is 4.12 Å². The molecule has 3 aromatic carbocycles. The summed E-state index contributed by atoms with van der Waals surface area (Å²) < 4.78 is 4.53. The van der Waals surface area contributed by atoms with Crippen LogP contribution in [0.25, 0.3) is 32.3 Å². The maximum atomic E-state index is 11.5. The van der Waals surface area contributed by atoms with Crippen LogP contribution in [0.4, 0.5) is 4.79 Å². The Labute approximate surface area is 149 Å². The van der Waals surface area contributed by atoms with Crippen molar-refractivity contribution < 1.29 is 8.91 Å². The van der Waals surface area contributed by atoms with Crippen molar-refractivity contribution in [1.82, 2.24) is 4.98 Å². The van der Waals surface area contributed by atoms with E-state index in [1.807, 2.05) is 30.5 Å². The molecule has 25 heavy (non-hydrogen) atoms. The van der Waals surface area contributed by atoms with Crippen LogP contribution in [0.2, 0.25) is 0 Å². The number of hydrogen-bond donors (Lipinski definition) is 0. The van der Waals surface area contributed by atoms with Crippen LogP contribution < -0.4 is 10.7 Å². The number of hydrogen-bond acceptors (Lipinski definition) is 3. The lowest BCUT2D eigenvalue weighted by molar-refractivity contribution is 0.257. The van der Waals surface area contributed by atoms with Crippen molar-refractivity contribution >= 4 is 59.3 Å². The highest BCUT2D eigenvalue weighted by atomic mass is 28.3. The molecule has 0 radical (unpaired) electrons. The maximum absolute atomic E-state index is 11.5. The van der Waals surface area contributed by atoms with E-state index in [4.69, 9.17) is 0 Å². The molecule has 0 aliphatic carbocycles. The number of carbonyl (C=O) groups excluding carboxylic acids is 1. The molecule has 5 nitrogen and oxygen atoms in total. The van der Waals surface area contributed by atoms with E-state index in [9.17, 15) is 4.79 Å². The molecule has 0 saturated carbocycles. The molecule has 1 aromatic heterocycles. The van der Waals surface area contributed by atoms with Crippen LogP contribution in [-0.2, 0) is 4.12 Å². The first-order valence-electron chi connectivity index (χ1n) is 7.82. The van der Waals surface area contributed by atoms with Crippen LogP contribution in [0.5, 0.6) is 0 Å². The predicted octanol–water partition coefficient (Wildman–Crippen LogP) is 0.478.